The quantitative estimate of drug-likeness (QED) is 0.642. The van der Waals surface area contributed by atoms with Crippen LogP contribution in [0.1, 0.15) is 37.7 Å². The summed E-state index contributed by atoms with van der Waals surface area (Å²) in [4.78, 5) is 24.1. The molecule has 0 aliphatic rings. The highest BCUT2D eigenvalue weighted by atomic mass is 16.5. The summed E-state index contributed by atoms with van der Waals surface area (Å²) in [5, 5.41) is 8.81. The van der Waals surface area contributed by atoms with Gasteiger partial charge in [0, 0.05) is 24.0 Å². The number of esters is 1. The SMILES string of the molecule is Cc1cc(C(=O)COC(=O)c2cccc(C#N)c2)c(C)n1C. The van der Waals surface area contributed by atoms with E-state index in [0.717, 1.165) is 11.4 Å². The molecule has 112 valence electrons. The minimum Gasteiger partial charge on any atom is -0.454 e. The smallest absolute Gasteiger partial charge is 0.338 e. The Hall–Kier alpha value is -2.87. The maximum atomic E-state index is 12.1. The number of benzene rings is 1. The molecule has 0 aliphatic carbocycles. The van der Waals surface area contributed by atoms with Gasteiger partial charge in [-0.15, -0.1) is 0 Å². The van der Waals surface area contributed by atoms with Crippen LogP contribution in [0.4, 0.5) is 0 Å². The maximum absolute atomic E-state index is 12.1. The monoisotopic (exact) mass is 296 g/mol. The number of nitrogens with zero attached hydrogens (tertiary/aromatic N) is 2. The summed E-state index contributed by atoms with van der Waals surface area (Å²) in [6, 6.07) is 9.91. The molecule has 0 aliphatic heterocycles. The second-order valence-electron chi connectivity index (χ2n) is 5.04. The number of carbonyl (C=O) groups is 2. The van der Waals surface area contributed by atoms with E-state index in [2.05, 4.69) is 0 Å². The first-order valence-electron chi connectivity index (χ1n) is 6.77. The molecule has 5 heteroatoms. The lowest BCUT2D eigenvalue weighted by molar-refractivity contribution is 0.0474. The Balaban J connectivity index is 2.06. The highest BCUT2D eigenvalue weighted by molar-refractivity contribution is 6.00. The number of ether oxygens (including phenoxy) is 1. The fraction of sp³-hybridized carbons (Fsp3) is 0.235. The van der Waals surface area contributed by atoms with Gasteiger partial charge >= 0.3 is 5.97 Å². The van der Waals surface area contributed by atoms with Gasteiger partial charge in [0.15, 0.2) is 6.61 Å². The summed E-state index contributed by atoms with van der Waals surface area (Å²) in [5.74, 6) is -0.859. The lowest BCUT2D eigenvalue weighted by atomic mass is 10.1. The highest BCUT2D eigenvalue weighted by Crippen LogP contribution is 2.14. The zero-order valence-corrected chi connectivity index (χ0v) is 12.7. The minimum absolute atomic E-state index is 0.244. The van der Waals surface area contributed by atoms with Crippen LogP contribution in [0, 0.1) is 25.2 Å². The number of nitriles is 1. The fourth-order valence-electron chi connectivity index (χ4n) is 2.15. The van der Waals surface area contributed by atoms with E-state index in [1.807, 2.05) is 31.5 Å². The van der Waals surface area contributed by atoms with Crippen molar-refractivity contribution in [1.82, 2.24) is 4.57 Å². The molecule has 0 amide bonds. The van der Waals surface area contributed by atoms with E-state index < -0.39 is 5.97 Å². The van der Waals surface area contributed by atoms with E-state index >= 15 is 0 Å². The van der Waals surface area contributed by atoms with Crippen LogP contribution in [0.25, 0.3) is 0 Å². The average molecular weight is 296 g/mol. The lowest BCUT2D eigenvalue weighted by Crippen LogP contribution is -2.15. The Kier molecular flexibility index (Phi) is 4.42. The van der Waals surface area contributed by atoms with Crippen molar-refractivity contribution in [2.75, 3.05) is 6.61 Å². The topological polar surface area (TPSA) is 72.1 Å². The van der Waals surface area contributed by atoms with Crippen LogP contribution in [-0.4, -0.2) is 22.9 Å². The molecule has 0 fully saturated rings. The van der Waals surface area contributed by atoms with Gasteiger partial charge in [-0.25, -0.2) is 4.79 Å². The Morgan fingerprint density at radius 3 is 2.59 bits per heavy atom. The number of carbonyl (C=O) groups excluding carboxylic acids is 2. The van der Waals surface area contributed by atoms with Crippen molar-refractivity contribution in [2.24, 2.45) is 7.05 Å². The van der Waals surface area contributed by atoms with Crippen molar-refractivity contribution >= 4 is 11.8 Å². The van der Waals surface area contributed by atoms with Gasteiger partial charge in [0.1, 0.15) is 0 Å². The Morgan fingerprint density at radius 1 is 1.27 bits per heavy atom. The van der Waals surface area contributed by atoms with Crippen LogP contribution in [0.2, 0.25) is 0 Å². The largest absolute Gasteiger partial charge is 0.454 e. The molecule has 22 heavy (non-hydrogen) atoms. The number of ketones is 1. The molecule has 0 saturated carbocycles. The molecule has 2 rings (SSSR count). The van der Waals surface area contributed by atoms with E-state index in [4.69, 9.17) is 10.00 Å². The molecule has 2 aromatic rings. The summed E-state index contributed by atoms with van der Waals surface area (Å²) in [6.07, 6.45) is 0. The van der Waals surface area contributed by atoms with Crippen LogP contribution in [0.15, 0.2) is 30.3 Å². The van der Waals surface area contributed by atoms with E-state index in [1.54, 1.807) is 24.3 Å². The van der Waals surface area contributed by atoms with Gasteiger partial charge in [-0.1, -0.05) is 6.07 Å². The summed E-state index contributed by atoms with van der Waals surface area (Å²) in [7, 11) is 1.88. The van der Waals surface area contributed by atoms with Crippen LogP contribution < -0.4 is 0 Å². The van der Waals surface area contributed by atoms with Crippen molar-refractivity contribution in [2.45, 2.75) is 13.8 Å². The molecule has 1 aromatic carbocycles. The first-order chi connectivity index (χ1) is 10.4. The number of hydrogen-bond acceptors (Lipinski definition) is 4. The van der Waals surface area contributed by atoms with Crippen LogP contribution in [0.3, 0.4) is 0 Å². The molecule has 0 N–H and O–H groups in total. The molecule has 0 atom stereocenters. The third-order valence-corrected chi connectivity index (χ3v) is 3.64. The normalized spacial score (nSPS) is 10.1. The van der Waals surface area contributed by atoms with Crippen molar-refractivity contribution in [3.63, 3.8) is 0 Å². The van der Waals surface area contributed by atoms with Crippen molar-refractivity contribution in [3.05, 3.63) is 58.4 Å². The van der Waals surface area contributed by atoms with E-state index in [1.165, 1.54) is 6.07 Å². The Bertz CT molecular complexity index is 782. The third kappa shape index (κ3) is 3.07. The minimum atomic E-state index is -0.615. The van der Waals surface area contributed by atoms with Crippen molar-refractivity contribution < 1.29 is 14.3 Å². The predicted octanol–water partition coefficient (Wildman–Crippen LogP) is 2.55. The number of aryl methyl sites for hydroxylation is 1. The first-order valence-corrected chi connectivity index (χ1v) is 6.77. The van der Waals surface area contributed by atoms with Crippen molar-refractivity contribution in [1.29, 1.82) is 5.26 Å². The molecule has 0 unspecified atom stereocenters. The fourth-order valence-corrected chi connectivity index (χ4v) is 2.15. The summed E-state index contributed by atoms with van der Waals surface area (Å²) < 4.78 is 6.95. The second-order valence-corrected chi connectivity index (χ2v) is 5.04. The number of aromatic nitrogens is 1. The molecule has 0 spiro atoms. The predicted molar refractivity (Wildman–Crippen MR) is 80.7 cm³/mol. The average Bonchev–Trinajstić information content (AvgIpc) is 2.79. The maximum Gasteiger partial charge on any atom is 0.338 e. The second kappa shape index (κ2) is 6.27. The van der Waals surface area contributed by atoms with Gasteiger partial charge in [0.2, 0.25) is 5.78 Å². The molecule has 0 radical (unpaired) electrons. The number of hydrogen-bond donors (Lipinski definition) is 0. The van der Waals surface area contributed by atoms with Crippen LogP contribution in [0.5, 0.6) is 0 Å². The molecule has 5 nitrogen and oxygen atoms in total. The van der Waals surface area contributed by atoms with Gasteiger partial charge in [0.25, 0.3) is 0 Å². The molecule has 1 heterocycles. The van der Waals surface area contributed by atoms with Gasteiger partial charge in [-0.05, 0) is 38.1 Å². The standard InChI is InChI=1S/C17H16N2O3/c1-11-7-15(12(2)19(11)3)16(20)10-22-17(21)14-6-4-5-13(8-14)9-18/h4-8H,10H2,1-3H3. The molecular weight excluding hydrogens is 280 g/mol. The van der Waals surface area contributed by atoms with Gasteiger partial charge in [0.05, 0.1) is 17.2 Å². The van der Waals surface area contributed by atoms with E-state index in [0.29, 0.717) is 11.1 Å². The molecule has 0 saturated heterocycles. The van der Waals surface area contributed by atoms with Crippen LogP contribution >= 0.6 is 0 Å². The summed E-state index contributed by atoms with van der Waals surface area (Å²) in [5.41, 5.74) is 2.99. The van der Waals surface area contributed by atoms with Gasteiger partial charge in [-0.3, -0.25) is 4.79 Å². The van der Waals surface area contributed by atoms with Gasteiger partial charge in [-0.2, -0.15) is 5.26 Å². The van der Waals surface area contributed by atoms with E-state index in [-0.39, 0.29) is 18.0 Å². The molecular formula is C17H16N2O3. The zero-order valence-electron chi connectivity index (χ0n) is 12.7. The molecule has 1 aromatic heterocycles. The highest BCUT2D eigenvalue weighted by Gasteiger charge is 2.16. The summed E-state index contributed by atoms with van der Waals surface area (Å²) in [6.45, 7) is 3.43. The Morgan fingerprint density at radius 2 is 2.00 bits per heavy atom. The van der Waals surface area contributed by atoms with Gasteiger partial charge < -0.3 is 9.30 Å². The van der Waals surface area contributed by atoms with Crippen molar-refractivity contribution in [3.8, 4) is 6.07 Å². The number of Topliss-reactive ketones (excluding diaryl/α,β-unsaturated/α-hetero) is 1. The zero-order chi connectivity index (χ0) is 16.3. The Labute approximate surface area is 128 Å². The number of rotatable bonds is 4. The third-order valence-electron chi connectivity index (χ3n) is 3.64. The summed E-state index contributed by atoms with van der Waals surface area (Å²) >= 11 is 0. The van der Waals surface area contributed by atoms with Crippen LogP contribution in [-0.2, 0) is 11.8 Å². The lowest BCUT2D eigenvalue weighted by Gasteiger charge is -2.05. The van der Waals surface area contributed by atoms with E-state index in [9.17, 15) is 9.59 Å². The first kappa shape index (κ1) is 15.5. The molecule has 0 bridgehead atoms.